The number of imidazole rings is 1. The number of carbonyl (C=O) groups is 1. The molecule has 1 saturated heterocycles. The summed E-state index contributed by atoms with van der Waals surface area (Å²) in [5.41, 5.74) is 3.03. The molecule has 0 unspecified atom stereocenters. The van der Waals surface area contributed by atoms with Crippen molar-refractivity contribution in [2.75, 3.05) is 18.4 Å². The minimum absolute atomic E-state index is 0.0254. The molecule has 10 heteroatoms. The third kappa shape index (κ3) is 3.79. The number of hydrogen-bond acceptors (Lipinski definition) is 5. The van der Waals surface area contributed by atoms with E-state index in [0.717, 1.165) is 22.0 Å². The highest BCUT2D eigenvalue weighted by Gasteiger charge is 2.27. The van der Waals surface area contributed by atoms with Crippen molar-refractivity contribution in [1.82, 2.24) is 24.0 Å². The van der Waals surface area contributed by atoms with Gasteiger partial charge in [0, 0.05) is 59.8 Å². The highest BCUT2D eigenvalue weighted by atomic mass is 32.1. The fourth-order valence-corrected chi connectivity index (χ4v) is 5.96. The molecule has 1 aromatic carbocycles. The molecule has 5 aromatic rings. The van der Waals surface area contributed by atoms with Crippen LogP contribution in [0.5, 0.6) is 0 Å². The molecule has 36 heavy (non-hydrogen) atoms. The number of nitrogens with zero attached hydrogens (tertiary/aromatic N) is 4. The topological polar surface area (TPSA) is 105 Å². The van der Waals surface area contributed by atoms with Crippen molar-refractivity contribution in [2.24, 2.45) is 7.05 Å². The van der Waals surface area contributed by atoms with Gasteiger partial charge in [0.1, 0.15) is 5.69 Å². The summed E-state index contributed by atoms with van der Waals surface area (Å²) >= 11 is 1.65. The molecule has 0 radical (unpaired) electrons. The number of aromatic nitrogens is 4. The zero-order valence-corrected chi connectivity index (χ0v) is 20.4. The maximum Gasteiger partial charge on any atom is 0.327 e. The van der Waals surface area contributed by atoms with Crippen LogP contribution in [0.4, 0.5) is 10.5 Å². The van der Waals surface area contributed by atoms with Crippen molar-refractivity contribution in [1.29, 1.82) is 0 Å². The van der Waals surface area contributed by atoms with Gasteiger partial charge in [0.25, 0.3) is 5.56 Å². The smallest absolute Gasteiger partial charge is 0.324 e. The number of H-pyrrole nitrogens is 1. The van der Waals surface area contributed by atoms with E-state index in [1.165, 1.54) is 9.27 Å². The first-order chi connectivity index (χ1) is 17.5. The van der Waals surface area contributed by atoms with Crippen molar-refractivity contribution in [2.45, 2.75) is 18.9 Å². The van der Waals surface area contributed by atoms with E-state index in [1.807, 2.05) is 24.3 Å². The van der Waals surface area contributed by atoms with Crippen molar-refractivity contribution in [3.8, 4) is 11.1 Å². The van der Waals surface area contributed by atoms with E-state index in [2.05, 4.69) is 32.8 Å². The fourth-order valence-electron chi connectivity index (χ4n) is 4.99. The minimum atomic E-state index is -0.314. The first-order valence-corrected chi connectivity index (χ1v) is 12.7. The fraction of sp³-hybridized carbons (Fsp3) is 0.231. The number of pyridine rings is 2. The van der Waals surface area contributed by atoms with Gasteiger partial charge in [-0.1, -0.05) is 18.2 Å². The number of rotatable bonds is 3. The average Bonchev–Trinajstić information content (AvgIpc) is 3.47. The number of likely N-dealkylation sites (tertiary alicyclic amines) is 1. The van der Waals surface area contributed by atoms with E-state index in [1.54, 1.807) is 46.3 Å². The lowest BCUT2D eigenvalue weighted by Gasteiger charge is -2.32. The molecule has 0 atom stereocenters. The molecule has 9 nitrogen and oxygen atoms in total. The molecule has 0 saturated carbocycles. The standard InChI is InChI=1S/C26H24N6O3S/c1-30-14-16(19-15-36-22-7-3-2-5-18(19)22)13-20(24(30)33)28-25(34)31-11-8-17(9-12-31)32-21-6-4-10-27-23(21)29-26(32)35/h2-7,10,13-15,17H,8-9,11-12H2,1H3,(H,28,34)(H,27,29,35). The highest BCUT2D eigenvalue weighted by molar-refractivity contribution is 7.17. The maximum absolute atomic E-state index is 13.1. The molecule has 1 aliphatic heterocycles. The quantitative estimate of drug-likeness (QED) is 0.388. The number of thiophene rings is 1. The van der Waals surface area contributed by atoms with Crippen molar-refractivity contribution in [3.63, 3.8) is 0 Å². The number of urea groups is 1. The number of aromatic amines is 1. The van der Waals surface area contributed by atoms with Crippen LogP contribution in [0.15, 0.2) is 69.8 Å². The number of amides is 2. The third-order valence-electron chi connectivity index (χ3n) is 6.82. The molecule has 1 aliphatic rings. The molecule has 0 bridgehead atoms. The minimum Gasteiger partial charge on any atom is -0.324 e. The molecular formula is C26H24N6O3S. The summed E-state index contributed by atoms with van der Waals surface area (Å²) in [5.74, 6) is 0. The summed E-state index contributed by atoms with van der Waals surface area (Å²) in [6, 6.07) is 13.2. The Balaban J connectivity index is 1.21. The van der Waals surface area contributed by atoms with E-state index >= 15 is 0 Å². The monoisotopic (exact) mass is 500 g/mol. The van der Waals surface area contributed by atoms with E-state index in [4.69, 9.17) is 0 Å². The van der Waals surface area contributed by atoms with Gasteiger partial charge in [0.05, 0.1) is 5.52 Å². The highest BCUT2D eigenvalue weighted by Crippen LogP contribution is 2.34. The second-order valence-corrected chi connectivity index (χ2v) is 9.93. The zero-order valence-electron chi connectivity index (χ0n) is 19.6. The Bertz CT molecular complexity index is 1720. The molecule has 2 N–H and O–H groups in total. The zero-order chi connectivity index (χ0) is 24.8. The maximum atomic E-state index is 13.1. The van der Waals surface area contributed by atoms with Crippen molar-refractivity contribution < 1.29 is 4.79 Å². The van der Waals surface area contributed by atoms with Crippen molar-refractivity contribution in [3.05, 3.63) is 81.1 Å². The van der Waals surface area contributed by atoms with Gasteiger partial charge in [-0.05, 0) is 42.5 Å². The van der Waals surface area contributed by atoms with E-state index in [-0.39, 0.29) is 29.0 Å². The Morgan fingerprint density at radius 3 is 2.78 bits per heavy atom. The van der Waals surface area contributed by atoms with Gasteiger partial charge in [-0.2, -0.15) is 0 Å². The Morgan fingerprint density at radius 1 is 1.14 bits per heavy atom. The number of aryl methyl sites for hydroxylation is 1. The molecule has 6 rings (SSSR count). The first kappa shape index (κ1) is 22.3. The van der Waals surface area contributed by atoms with Crippen LogP contribution in [0.25, 0.3) is 32.4 Å². The molecule has 4 aromatic heterocycles. The normalized spacial score (nSPS) is 14.5. The van der Waals surface area contributed by atoms with Crippen LogP contribution in [0, 0.1) is 0 Å². The third-order valence-corrected chi connectivity index (χ3v) is 7.79. The predicted octanol–water partition coefficient (Wildman–Crippen LogP) is 4.17. The van der Waals surface area contributed by atoms with Crippen LogP contribution in [-0.2, 0) is 7.05 Å². The number of nitrogens with one attached hydrogen (secondary N) is 2. The molecule has 0 spiro atoms. The van der Waals surface area contributed by atoms with Crippen LogP contribution in [0.1, 0.15) is 18.9 Å². The summed E-state index contributed by atoms with van der Waals surface area (Å²) < 4.78 is 4.41. The summed E-state index contributed by atoms with van der Waals surface area (Å²) in [4.78, 5) is 47.2. The summed E-state index contributed by atoms with van der Waals surface area (Å²) in [6.07, 6.45) is 4.71. The second kappa shape index (κ2) is 8.80. The van der Waals surface area contributed by atoms with Crippen molar-refractivity contribution >= 4 is 44.3 Å². The summed E-state index contributed by atoms with van der Waals surface area (Å²) in [7, 11) is 1.69. The first-order valence-electron chi connectivity index (χ1n) is 11.8. The lowest BCUT2D eigenvalue weighted by molar-refractivity contribution is 0.184. The Labute approximate surface area is 209 Å². The Hall–Kier alpha value is -4.18. The van der Waals surface area contributed by atoms with Crippen LogP contribution < -0.4 is 16.6 Å². The Morgan fingerprint density at radius 2 is 1.94 bits per heavy atom. The lowest BCUT2D eigenvalue weighted by Crippen LogP contribution is -2.43. The van der Waals surface area contributed by atoms with E-state index < -0.39 is 0 Å². The number of carbonyl (C=O) groups excluding carboxylic acids is 1. The molecule has 1 fully saturated rings. The van der Waals surface area contributed by atoms with E-state index in [0.29, 0.717) is 31.6 Å². The predicted molar refractivity (Wildman–Crippen MR) is 142 cm³/mol. The molecule has 2 amide bonds. The summed E-state index contributed by atoms with van der Waals surface area (Å²) in [5, 5.41) is 6.02. The largest absolute Gasteiger partial charge is 0.327 e. The Kier molecular flexibility index (Phi) is 5.45. The van der Waals surface area contributed by atoms with Gasteiger partial charge in [-0.25, -0.2) is 14.6 Å². The SMILES string of the molecule is Cn1cc(-c2csc3ccccc23)cc(NC(=O)N2CCC(n3c(=O)[nH]c4ncccc43)CC2)c1=O. The van der Waals surface area contributed by atoms with Gasteiger partial charge in [-0.15, -0.1) is 11.3 Å². The van der Waals surface area contributed by atoms with Gasteiger partial charge in [0.2, 0.25) is 0 Å². The van der Waals surface area contributed by atoms with Gasteiger partial charge >= 0.3 is 11.7 Å². The van der Waals surface area contributed by atoms with Crippen LogP contribution in [0.2, 0.25) is 0 Å². The number of anilines is 1. The molecule has 5 heterocycles. The number of hydrogen-bond donors (Lipinski definition) is 2. The van der Waals surface area contributed by atoms with E-state index in [9.17, 15) is 14.4 Å². The molecule has 0 aliphatic carbocycles. The van der Waals surface area contributed by atoms with Crippen LogP contribution >= 0.6 is 11.3 Å². The summed E-state index contributed by atoms with van der Waals surface area (Å²) in [6.45, 7) is 0.954. The molecule has 182 valence electrons. The van der Waals surface area contributed by atoms with Gasteiger partial charge in [0.15, 0.2) is 5.65 Å². The number of fused-ring (bicyclic) bond motifs is 2. The number of benzene rings is 1. The second-order valence-electron chi connectivity index (χ2n) is 9.02. The van der Waals surface area contributed by atoms with Crippen LogP contribution in [0.3, 0.4) is 0 Å². The molecular weight excluding hydrogens is 476 g/mol. The lowest BCUT2D eigenvalue weighted by atomic mass is 10.0. The number of piperidine rings is 1. The van der Waals surface area contributed by atoms with Gasteiger partial charge in [-0.3, -0.25) is 14.3 Å². The average molecular weight is 501 g/mol. The van der Waals surface area contributed by atoms with Crippen LogP contribution in [-0.4, -0.2) is 43.1 Å². The van der Waals surface area contributed by atoms with Gasteiger partial charge < -0.3 is 14.8 Å².